The van der Waals surface area contributed by atoms with Crippen LogP contribution in [-0.4, -0.2) is 23.6 Å². The van der Waals surface area contributed by atoms with E-state index in [9.17, 15) is 9.59 Å². The first kappa shape index (κ1) is 13.2. The van der Waals surface area contributed by atoms with E-state index in [0.717, 1.165) is 25.7 Å². The summed E-state index contributed by atoms with van der Waals surface area (Å²) in [6.07, 6.45) is 3.29. The highest BCUT2D eigenvalue weighted by Gasteiger charge is 2.54. The number of alkyl carbamates (subject to hydrolysis) is 1. The van der Waals surface area contributed by atoms with Crippen molar-refractivity contribution in [3.05, 3.63) is 0 Å². The number of carbonyl (C=O) groups excluding carboxylic acids is 2. The van der Waals surface area contributed by atoms with Crippen molar-refractivity contribution >= 4 is 12.0 Å². The van der Waals surface area contributed by atoms with Gasteiger partial charge >= 0.3 is 6.09 Å². The van der Waals surface area contributed by atoms with Gasteiger partial charge in [-0.05, 0) is 51.9 Å². The zero-order valence-electron chi connectivity index (χ0n) is 11.3. The Morgan fingerprint density at radius 1 is 1.22 bits per heavy atom. The van der Waals surface area contributed by atoms with Gasteiger partial charge in [0.25, 0.3) is 0 Å². The highest BCUT2D eigenvalue weighted by atomic mass is 16.6. The van der Waals surface area contributed by atoms with Gasteiger partial charge in [-0.1, -0.05) is 0 Å². The van der Waals surface area contributed by atoms with Crippen molar-refractivity contribution in [2.24, 2.45) is 17.1 Å². The number of nitrogens with one attached hydrogen (secondary N) is 1. The predicted octanol–water partition coefficient (Wildman–Crippen LogP) is 1.56. The molecule has 0 saturated heterocycles. The summed E-state index contributed by atoms with van der Waals surface area (Å²) in [4.78, 5) is 22.5. The molecule has 1 spiro atoms. The highest BCUT2D eigenvalue weighted by molar-refractivity contribution is 5.78. The Bertz CT molecular complexity index is 359. The fraction of sp³-hybridized carbons (Fsp3) is 0.846. The maximum atomic E-state index is 11.5. The van der Waals surface area contributed by atoms with Crippen molar-refractivity contribution in [3.8, 4) is 0 Å². The summed E-state index contributed by atoms with van der Waals surface area (Å²) >= 11 is 0. The van der Waals surface area contributed by atoms with Crippen LogP contribution in [0.5, 0.6) is 0 Å². The normalized spacial score (nSPS) is 34.4. The van der Waals surface area contributed by atoms with Crippen molar-refractivity contribution in [1.82, 2.24) is 5.32 Å². The Labute approximate surface area is 107 Å². The topological polar surface area (TPSA) is 81.4 Å². The van der Waals surface area contributed by atoms with Crippen LogP contribution in [0.4, 0.5) is 4.79 Å². The molecule has 2 aliphatic rings. The zero-order valence-corrected chi connectivity index (χ0v) is 11.3. The number of hydrogen-bond acceptors (Lipinski definition) is 3. The van der Waals surface area contributed by atoms with Crippen LogP contribution >= 0.6 is 0 Å². The first-order valence-corrected chi connectivity index (χ1v) is 6.48. The fourth-order valence-corrected chi connectivity index (χ4v) is 3.08. The van der Waals surface area contributed by atoms with Gasteiger partial charge in [0.05, 0.1) is 0 Å². The molecule has 2 amide bonds. The molecule has 2 aliphatic carbocycles. The SMILES string of the molecule is CC(C)(C)OC(=O)NC1CC2(C1)CC(C(N)=O)C2. The Balaban J connectivity index is 1.68. The van der Waals surface area contributed by atoms with Crippen LogP contribution in [0, 0.1) is 11.3 Å². The number of amides is 2. The van der Waals surface area contributed by atoms with Gasteiger partial charge in [0.1, 0.15) is 5.60 Å². The molecule has 0 aromatic carbocycles. The zero-order chi connectivity index (χ0) is 13.6. The average molecular weight is 254 g/mol. The molecule has 0 bridgehead atoms. The molecule has 0 atom stereocenters. The molecule has 2 saturated carbocycles. The first-order valence-electron chi connectivity index (χ1n) is 6.48. The molecule has 5 heteroatoms. The van der Waals surface area contributed by atoms with Gasteiger partial charge in [-0.25, -0.2) is 4.79 Å². The second kappa shape index (κ2) is 4.14. The number of hydrogen-bond donors (Lipinski definition) is 2. The minimum absolute atomic E-state index is 0.0486. The molecule has 0 unspecified atom stereocenters. The van der Waals surface area contributed by atoms with Gasteiger partial charge in [0.15, 0.2) is 0 Å². The van der Waals surface area contributed by atoms with Gasteiger partial charge in [-0.15, -0.1) is 0 Å². The Hall–Kier alpha value is -1.26. The summed E-state index contributed by atoms with van der Waals surface area (Å²) < 4.78 is 5.20. The number of primary amides is 1. The van der Waals surface area contributed by atoms with E-state index in [1.807, 2.05) is 20.8 Å². The van der Waals surface area contributed by atoms with Crippen molar-refractivity contribution in [3.63, 3.8) is 0 Å². The van der Waals surface area contributed by atoms with Crippen LogP contribution in [0.15, 0.2) is 0 Å². The molecule has 102 valence electrons. The lowest BCUT2D eigenvalue weighted by atomic mass is 9.50. The largest absolute Gasteiger partial charge is 0.444 e. The molecular formula is C13H22N2O3. The van der Waals surface area contributed by atoms with Crippen LogP contribution < -0.4 is 11.1 Å². The molecule has 5 nitrogen and oxygen atoms in total. The highest BCUT2D eigenvalue weighted by Crippen LogP contribution is 2.58. The summed E-state index contributed by atoms with van der Waals surface area (Å²) in [7, 11) is 0. The van der Waals surface area contributed by atoms with Crippen LogP contribution in [0.2, 0.25) is 0 Å². The Kier molecular flexibility index (Phi) is 3.03. The Morgan fingerprint density at radius 2 is 1.78 bits per heavy atom. The van der Waals surface area contributed by atoms with Crippen molar-refractivity contribution in [2.75, 3.05) is 0 Å². The van der Waals surface area contributed by atoms with Gasteiger partial charge in [0.2, 0.25) is 5.91 Å². The molecule has 0 radical (unpaired) electrons. The average Bonchev–Trinajstić information content (AvgIpc) is 2.02. The molecular weight excluding hydrogens is 232 g/mol. The van der Waals surface area contributed by atoms with Crippen LogP contribution in [0.1, 0.15) is 46.5 Å². The molecule has 2 fully saturated rings. The Morgan fingerprint density at radius 3 is 2.22 bits per heavy atom. The lowest BCUT2D eigenvalue weighted by molar-refractivity contribution is -0.135. The number of nitrogens with two attached hydrogens (primary N) is 1. The van der Waals surface area contributed by atoms with Crippen molar-refractivity contribution in [2.45, 2.75) is 58.1 Å². The molecule has 3 N–H and O–H groups in total. The van der Waals surface area contributed by atoms with Gasteiger partial charge in [0, 0.05) is 12.0 Å². The molecule has 0 heterocycles. The van der Waals surface area contributed by atoms with E-state index in [0.29, 0.717) is 0 Å². The number of ether oxygens (including phenoxy) is 1. The summed E-state index contributed by atoms with van der Waals surface area (Å²) in [5.74, 6) is -0.142. The second-order valence-electron chi connectivity index (χ2n) is 6.76. The first-order chi connectivity index (χ1) is 8.19. The number of rotatable bonds is 2. The maximum Gasteiger partial charge on any atom is 0.407 e. The van der Waals surface area contributed by atoms with E-state index < -0.39 is 5.60 Å². The van der Waals surface area contributed by atoms with E-state index in [1.54, 1.807) is 0 Å². The van der Waals surface area contributed by atoms with Crippen molar-refractivity contribution < 1.29 is 14.3 Å². The van der Waals surface area contributed by atoms with Gasteiger partial charge in [-0.3, -0.25) is 4.79 Å². The number of carbonyl (C=O) groups is 2. The standard InChI is InChI=1S/C13H22N2O3/c1-12(2,3)18-11(17)15-9-6-13(7-9)4-8(5-13)10(14)16/h8-9H,4-7H2,1-3H3,(H2,14,16)(H,15,17). The fourth-order valence-electron chi connectivity index (χ4n) is 3.08. The van der Waals surface area contributed by atoms with Gasteiger partial charge in [-0.2, -0.15) is 0 Å². The molecule has 2 rings (SSSR count). The third kappa shape index (κ3) is 2.76. The van der Waals surface area contributed by atoms with E-state index in [2.05, 4.69) is 5.32 Å². The lowest BCUT2D eigenvalue weighted by Gasteiger charge is -2.56. The summed E-state index contributed by atoms with van der Waals surface area (Å²) in [5, 5.41) is 2.86. The smallest absolute Gasteiger partial charge is 0.407 e. The summed E-state index contributed by atoms with van der Waals surface area (Å²) in [5.41, 5.74) is 5.06. The summed E-state index contributed by atoms with van der Waals surface area (Å²) in [6, 6.07) is 0.189. The van der Waals surface area contributed by atoms with E-state index >= 15 is 0 Å². The van der Waals surface area contributed by atoms with Crippen LogP contribution in [0.25, 0.3) is 0 Å². The quantitative estimate of drug-likeness (QED) is 0.784. The summed E-state index contributed by atoms with van der Waals surface area (Å²) in [6.45, 7) is 5.54. The monoisotopic (exact) mass is 254 g/mol. The maximum absolute atomic E-state index is 11.5. The van der Waals surface area contributed by atoms with E-state index in [4.69, 9.17) is 10.5 Å². The predicted molar refractivity (Wildman–Crippen MR) is 66.7 cm³/mol. The molecule has 0 aromatic heterocycles. The van der Waals surface area contributed by atoms with Crippen molar-refractivity contribution in [1.29, 1.82) is 0 Å². The van der Waals surface area contributed by atoms with E-state index in [1.165, 1.54) is 0 Å². The molecule has 18 heavy (non-hydrogen) atoms. The minimum Gasteiger partial charge on any atom is -0.444 e. The molecule has 0 aliphatic heterocycles. The lowest BCUT2D eigenvalue weighted by Crippen LogP contribution is -2.58. The van der Waals surface area contributed by atoms with Crippen LogP contribution in [0.3, 0.4) is 0 Å². The van der Waals surface area contributed by atoms with Gasteiger partial charge < -0.3 is 15.8 Å². The minimum atomic E-state index is -0.459. The van der Waals surface area contributed by atoms with E-state index in [-0.39, 0.29) is 29.4 Å². The molecule has 0 aromatic rings. The second-order valence-corrected chi connectivity index (χ2v) is 6.76. The van der Waals surface area contributed by atoms with Crippen LogP contribution in [-0.2, 0) is 9.53 Å². The third-order valence-electron chi connectivity index (χ3n) is 3.84. The third-order valence-corrected chi connectivity index (χ3v) is 3.84.